The fourth-order valence-electron chi connectivity index (χ4n) is 4.42. The molecule has 0 amide bonds. The van der Waals surface area contributed by atoms with Crippen molar-refractivity contribution in [2.75, 3.05) is 13.2 Å². The Labute approximate surface area is 325 Å². The van der Waals surface area contributed by atoms with E-state index in [1.165, 1.54) is 44.7 Å². The van der Waals surface area contributed by atoms with Crippen LogP contribution < -0.4 is 9.47 Å². The zero-order valence-electron chi connectivity index (χ0n) is 29.4. The van der Waals surface area contributed by atoms with Gasteiger partial charge in [0.15, 0.2) is 0 Å². The van der Waals surface area contributed by atoms with Crippen molar-refractivity contribution in [2.24, 2.45) is 0 Å². The van der Waals surface area contributed by atoms with Crippen LogP contribution in [0.25, 0.3) is 0 Å². The molecule has 1 aliphatic rings. The topological polar surface area (TPSA) is 96.0 Å². The molecule has 8 heteroatoms. The number of ketones is 4. The number of rotatable bonds is 14. The van der Waals surface area contributed by atoms with Gasteiger partial charge in [0.25, 0.3) is 0 Å². The van der Waals surface area contributed by atoms with Crippen molar-refractivity contribution in [3.05, 3.63) is 131 Å². The Morgan fingerprint density at radius 2 is 0.962 bits per heavy atom. The van der Waals surface area contributed by atoms with Gasteiger partial charge in [0.05, 0.1) is 12.8 Å². The molecule has 1 heterocycles. The monoisotopic (exact) mass is 824 g/mol. The molecule has 5 rings (SSSR count). The number of carbonyl (C=O) groups excluding carboxylic acids is 4. The number of halogens is 1. The van der Waals surface area contributed by atoms with Gasteiger partial charge in [0, 0.05) is 24.1 Å². The van der Waals surface area contributed by atoms with Crippen LogP contribution in [0.4, 0.5) is 0 Å². The Hall–Kier alpha value is -4.15. The highest BCUT2D eigenvalue weighted by Crippen LogP contribution is 2.17. The van der Waals surface area contributed by atoms with Crippen molar-refractivity contribution in [3.8, 4) is 11.5 Å². The fraction of sp³-hybridized carbons (Fsp3) is 0.364. The molecule has 1 saturated heterocycles. The van der Waals surface area contributed by atoms with E-state index in [2.05, 4.69) is 46.9 Å². The summed E-state index contributed by atoms with van der Waals surface area (Å²) in [5.74, 6) is 1.53. The number of ether oxygens (including phenoxy) is 3. The van der Waals surface area contributed by atoms with E-state index < -0.39 is 0 Å². The van der Waals surface area contributed by atoms with Gasteiger partial charge >= 0.3 is 0 Å². The van der Waals surface area contributed by atoms with Gasteiger partial charge in [-0.2, -0.15) is 0 Å². The molecule has 1 fully saturated rings. The Bertz CT molecular complexity index is 1510. The van der Waals surface area contributed by atoms with E-state index in [1.54, 1.807) is 0 Å². The lowest BCUT2D eigenvalue weighted by atomic mass is 10.1. The summed E-state index contributed by atoms with van der Waals surface area (Å²) in [6.07, 6.45) is 3.74. The van der Waals surface area contributed by atoms with Gasteiger partial charge in [0.1, 0.15) is 47.8 Å². The van der Waals surface area contributed by atoms with Gasteiger partial charge in [-0.15, -0.1) is 0 Å². The molecule has 0 saturated carbocycles. The van der Waals surface area contributed by atoms with Crippen LogP contribution in [0.5, 0.6) is 11.5 Å². The number of hydrogen-bond donors (Lipinski definition) is 0. The Kier molecular flexibility index (Phi) is 27.1. The van der Waals surface area contributed by atoms with E-state index in [-0.39, 0.29) is 50.8 Å². The predicted molar refractivity (Wildman–Crippen MR) is 220 cm³/mol. The van der Waals surface area contributed by atoms with Gasteiger partial charge in [-0.25, -0.2) is 0 Å². The molecule has 52 heavy (non-hydrogen) atoms. The normalized spacial score (nSPS) is 10.8. The van der Waals surface area contributed by atoms with E-state index in [0.717, 1.165) is 40.3 Å². The maximum absolute atomic E-state index is 11.5. The first-order valence-electron chi connectivity index (χ1n) is 16.8. The highest BCUT2D eigenvalue weighted by Gasteiger charge is 2.06. The lowest BCUT2D eigenvalue weighted by molar-refractivity contribution is -0.127. The van der Waals surface area contributed by atoms with Crippen molar-refractivity contribution in [3.63, 3.8) is 0 Å². The number of carbonyl (C=O) groups is 4. The molecule has 282 valence electrons. The molecule has 0 spiro atoms. The first-order chi connectivity index (χ1) is 24.1. The third-order valence-corrected chi connectivity index (χ3v) is 7.84. The summed E-state index contributed by atoms with van der Waals surface area (Å²) in [7, 11) is 0. The maximum Gasteiger partial charge on any atom is 0.140 e. The lowest BCUT2D eigenvalue weighted by Gasteiger charge is -2.07. The highest BCUT2D eigenvalue weighted by molar-refractivity contribution is 14.1. The molecule has 0 aliphatic carbocycles. The molecule has 0 radical (unpaired) electrons. The average Bonchev–Trinajstić information content (AvgIpc) is 3.71. The van der Waals surface area contributed by atoms with Crippen molar-refractivity contribution >= 4 is 45.7 Å². The second kappa shape index (κ2) is 29.4. The quantitative estimate of drug-likeness (QED) is 0.0710. The van der Waals surface area contributed by atoms with Crippen LogP contribution in [0.2, 0.25) is 0 Å². The van der Waals surface area contributed by atoms with Crippen molar-refractivity contribution in [2.45, 2.75) is 91.8 Å². The highest BCUT2D eigenvalue weighted by atomic mass is 127. The first kappa shape index (κ1) is 47.8. The number of alkyl halides is 1. The minimum absolute atomic E-state index is 0. The summed E-state index contributed by atoms with van der Waals surface area (Å²) in [4.78, 5) is 42.4. The summed E-state index contributed by atoms with van der Waals surface area (Å²) in [5.41, 5.74) is 4.72. The standard InChI is InChI=1S/C19H20O3.C14H13IO.C5H8O2.C4H8O.2CH4/c1-15(20)13-18(21)10-7-16-8-11-19(12-9-16)22-14-17-5-3-2-4-6-17;15-10-12-6-8-14(9-7-12)16-11-13-4-2-1-3-5-13;1-4(6)3-5(2)7;1-2-4-5-3-1;;/h2-6,8-9,11-12H,7,10,13-14H2,1H3;1-9H,10-11H2;3H2,1-2H3;1-4H2;2*1H4. The van der Waals surface area contributed by atoms with E-state index in [1.807, 2.05) is 84.9 Å². The lowest BCUT2D eigenvalue weighted by Crippen LogP contribution is -2.05. The minimum Gasteiger partial charge on any atom is -0.489 e. The molecular weight excluding hydrogens is 767 g/mol. The van der Waals surface area contributed by atoms with E-state index in [4.69, 9.17) is 14.2 Å². The van der Waals surface area contributed by atoms with E-state index in [9.17, 15) is 19.2 Å². The van der Waals surface area contributed by atoms with Crippen LogP contribution in [-0.4, -0.2) is 36.3 Å². The van der Waals surface area contributed by atoms with Crippen LogP contribution in [-0.2, 0) is 48.0 Å². The summed E-state index contributed by atoms with van der Waals surface area (Å²) < 4.78 is 17.4. The number of benzene rings is 4. The average molecular weight is 825 g/mol. The second-order valence-electron chi connectivity index (χ2n) is 11.8. The van der Waals surface area contributed by atoms with E-state index in [0.29, 0.717) is 26.1 Å². The molecule has 4 aromatic rings. The van der Waals surface area contributed by atoms with Gasteiger partial charge < -0.3 is 14.2 Å². The number of Topliss-reactive ketones (excluding diaryl/α,β-unsaturated/α-hetero) is 4. The van der Waals surface area contributed by atoms with Crippen LogP contribution in [0.1, 0.15) is 90.0 Å². The van der Waals surface area contributed by atoms with Crippen molar-refractivity contribution < 1.29 is 33.4 Å². The SMILES string of the molecule is C.C.C1CCOC1.CC(=O)CC(=O)CCc1ccc(OCc2ccccc2)cc1.CC(=O)CC(C)=O.ICc1ccc(OCc2ccccc2)cc1. The Morgan fingerprint density at radius 3 is 1.29 bits per heavy atom. The Balaban J connectivity index is 0.000000754. The molecule has 0 atom stereocenters. The van der Waals surface area contributed by atoms with E-state index >= 15 is 0 Å². The fourth-order valence-corrected chi connectivity index (χ4v) is 4.93. The summed E-state index contributed by atoms with van der Waals surface area (Å²) in [6.45, 7) is 7.42. The molecule has 1 aliphatic heterocycles. The second-order valence-corrected chi connectivity index (χ2v) is 12.6. The number of hydrogen-bond acceptors (Lipinski definition) is 7. The smallest absolute Gasteiger partial charge is 0.140 e. The van der Waals surface area contributed by atoms with Crippen LogP contribution in [0, 0.1) is 0 Å². The van der Waals surface area contributed by atoms with Gasteiger partial charge in [0.2, 0.25) is 0 Å². The minimum atomic E-state index is -0.0744. The predicted octanol–water partition coefficient (Wildman–Crippen LogP) is 10.6. The summed E-state index contributed by atoms with van der Waals surface area (Å²) in [6, 6.07) is 36.2. The molecule has 0 aromatic heterocycles. The largest absolute Gasteiger partial charge is 0.489 e. The molecule has 4 aromatic carbocycles. The zero-order chi connectivity index (χ0) is 36.4. The molecular formula is C44H57IO7. The van der Waals surface area contributed by atoms with Gasteiger partial charge in [-0.3, -0.25) is 19.2 Å². The molecule has 7 nitrogen and oxygen atoms in total. The molecule has 0 bridgehead atoms. The molecule has 0 unspecified atom stereocenters. The summed E-state index contributed by atoms with van der Waals surface area (Å²) >= 11 is 2.35. The van der Waals surface area contributed by atoms with Crippen LogP contribution in [0.15, 0.2) is 109 Å². The van der Waals surface area contributed by atoms with Crippen molar-refractivity contribution in [1.82, 2.24) is 0 Å². The number of aryl methyl sites for hydroxylation is 1. The first-order valence-corrected chi connectivity index (χ1v) is 18.3. The van der Waals surface area contributed by atoms with Gasteiger partial charge in [-0.05, 0) is 86.6 Å². The third kappa shape index (κ3) is 24.1. The summed E-state index contributed by atoms with van der Waals surface area (Å²) in [5, 5.41) is 0. The van der Waals surface area contributed by atoms with Gasteiger partial charge in [-0.1, -0.05) is 122 Å². The maximum atomic E-state index is 11.5. The van der Waals surface area contributed by atoms with Crippen LogP contribution >= 0.6 is 22.6 Å². The zero-order valence-corrected chi connectivity index (χ0v) is 31.6. The third-order valence-electron chi connectivity index (χ3n) is 6.96. The molecule has 0 N–H and O–H groups in total. The Morgan fingerprint density at radius 1 is 0.558 bits per heavy atom. The van der Waals surface area contributed by atoms with Crippen molar-refractivity contribution in [1.29, 1.82) is 0 Å². The van der Waals surface area contributed by atoms with Crippen LogP contribution in [0.3, 0.4) is 0 Å².